The van der Waals surface area contributed by atoms with E-state index < -0.39 is 30.1 Å². The first-order valence-electron chi connectivity index (χ1n) is 10.7. The molecule has 4 heterocycles. The molecule has 2 aromatic heterocycles. The number of rotatable bonds is 3. The van der Waals surface area contributed by atoms with E-state index in [2.05, 4.69) is 24.5 Å². The third-order valence-electron chi connectivity index (χ3n) is 5.97. The monoisotopic (exact) mass is 483 g/mol. The van der Waals surface area contributed by atoms with Crippen molar-refractivity contribution in [1.29, 1.82) is 0 Å². The van der Waals surface area contributed by atoms with E-state index in [-0.39, 0.29) is 28.2 Å². The first-order chi connectivity index (χ1) is 16.8. The number of H-pyrrole nitrogens is 1. The van der Waals surface area contributed by atoms with Gasteiger partial charge in [-0.1, -0.05) is 12.1 Å². The van der Waals surface area contributed by atoms with Crippen LogP contribution in [0.1, 0.15) is 12.0 Å². The first kappa shape index (κ1) is 21.2. The standard InChI is InChI=1S/C23H16F3N5O4/c24-13-4-1-3-12(9-13)18-19-20(28-11-27-19)22(33)31(29-18)10-17(32)30-8-2-5-14-15(30)6-7-16-21(14)35-23(25,26)34-16/h1,3-4,6-7,9,11H,2,5,8,10H2,(H,27,28). The lowest BCUT2D eigenvalue weighted by molar-refractivity contribution is -0.286. The molecule has 0 aliphatic carbocycles. The van der Waals surface area contributed by atoms with Gasteiger partial charge in [0.2, 0.25) is 5.91 Å². The van der Waals surface area contributed by atoms with Crippen LogP contribution in [0.5, 0.6) is 11.5 Å². The molecule has 178 valence electrons. The molecule has 35 heavy (non-hydrogen) atoms. The molecule has 0 unspecified atom stereocenters. The van der Waals surface area contributed by atoms with Crippen molar-refractivity contribution in [3.63, 3.8) is 0 Å². The van der Waals surface area contributed by atoms with Crippen LogP contribution in [-0.2, 0) is 17.8 Å². The van der Waals surface area contributed by atoms with E-state index in [1.165, 1.54) is 41.6 Å². The Morgan fingerprint density at radius 3 is 2.89 bits per heavy atom. The molecule has 0 fully saturated rings. The molecule has 0 atom stereocenters. The van der Waals surface area contributed by atoms with Crippen LogP contribution in [0, 0.1) is 5.82 Å². The summed E-state index contributed by atoms with van der Waals surface area (Å²) in [5.41, 5.74) is 1.26. The van der Waals surface area contributed by atoms with Crippen molar-refractivity contribution in [2.75, 3.05) is 11.4 Å². The number of alkyl halides is 2. The number of hydrogen-bond acceptors (Lipinski definition) is 6. The molecular weight excluding hydrogens is 467 g/mol. The molecule has 9 nitrogen and oxygen atoms in total. The van der Waals surface area contributed by atoms with Gasteiger partial charge in [0, 0.05) is 17.7 Å². The van der Waals surface area contributed by atoms with Crippen molar-refractivity contribution in [2.24, 2.45) is 0 Å². The van der Waals surface area contributed by atoms with Gasteiger partial charge in [-0.3, -0.25) is 9.59 Å². The number of nitrogens with zero attached hydrogens (tertiary/aromatic N) is 4. The predicted octanol–water partition coefficient (Wildman–Crippen LogP) is 3.23. The number of carbonyl (C=O) groups excluding carboxylic acids is 1. The van der Waals surface area contributed by atoms with E-state index in [9.17, 15) is 22.8 Å². The summed E-state index contributed by atoms with van der Waals surface area (Å²) in [6.45, 7) is -0.111. The lowest BCUT2D eigenvalue weighted by Crippen LogP contribution is -2.40. The number of ether oxygens (including phenoxy) is 2. The minimum atomic E-state index is -3.77. The normalized spacial score (nSPS) is 15.9. The van der Waals surface area contributed by atoms with Crippen molar-refractivity contribution in [3.05, 3.63) is 64.5 Å². The molecule has 2 aromatic carbocycles. The topological polar surface area (TPSA) is 102 Å². The average molecular weight is 483 g/mol. The number of fused-ring (bicyclic) bond motifs is 4. The number of hydrogen-bond donors (Lipinski definition) is 1. The molecule has 0 saturated carbocycles. The van der Waals surface area contributed by atoms with E-state index in [0.29, 0.717) is 36.2 Å². The van der Waals surface area contributed by atoms with Crippen molar-refractivity contribution >= 4 is 22.6 Å². The zero-order chi connectivity index (χ0) is 24.3. The van der Waals surface area contributed by atoms with Crippen LogP contribution < -0.4 is 19.9 Å². The summed E-state index contributed by atoms with van der Waals surface area (Å²) in [4.78, 5) is 34.6. The molecular formula is C23H16F3N5O4. The molecule has 0 spiro atoms. The number of benzene rings is 2. The summed E-state index contributed by atoms with van der Waals surface area (Å²) in [6, 6.07) is 8.50. The maximum Gasteiger partial charge on any atom is 0.586 e. The largest absolute Gasteiger partial charge is 0.586 e. The van der Waals surface area contributed by atoms with Crippen LogP contribution >= 0.6 is 0 Å². The summed E-state index contributed by atoms with van der Waals surface area (Å²) < 4.78 is 51.2. The maximum atomic E-state index is 13.8. The molecule has 12 heteroatoms. The Hall–Kier alpha value is -4.35. The Balaban J connectivity index is 1.38. The van der Waals surface area contributed by atoms with E-state index in [1.807, 2.05) is 0 Å². The van der Waals surface area contributed by atoms with Gasteiger partial charge in [0.1, 0.15) is 29.1 Å². The van der Waals surface area contributed by atoms with Crippen molar-refractivity contribution in [2.45, 2.75) is 25.7 Å². The van der Waals surface area contributed by atoms with Gasteiger partial charge >= 0.3 is 6.29 Å². The second-order valence-electron chi connectivity index (χ2n) is 8.15. The van der Waals surface area contributed by atoms with Crippen molar-refractivity contribution in [3.8, 4) is 22.8 Å². The fourth-order valence-electron chi connectivity index (χ4n) is 4.47. The zero-order valence-corrected chi connectivity index (χ0v) is 17.9. The Morgan fingerprint density at radius 1 is 1.20 bits per heavy atom. The average Bonchev–Trinajstić information content (AvgIpc) is 3.44. The van der Waals surface area contributed by atoms with E-state index in [1.54, 1.807) is 6.07 Å². The van der Waals surface area contributed by atoms with Gasteiger partial charge in [-0.15, -0.1) is 8.78 Å². The lowest BCUT2D eigenvalue weighted by Gasteiger charge is -2.30. The summed E-state index contributed by atoms with van der Waals surface area (Å²) >= 11 is 0. The second kappa shape index (κ2) is 7.58. The van der Waals surface area contributed by atoms with Gasteiger partial charge < -0.3 is 19.4 Å². The number of imidazole rings is 1. The van der Waals surface area contributed by atoms with E-state index >= 15 is 0 Å². The van der Waals surface area contributed by atoms with Gasteiger partial charge in [0.05, 0.1) is 12.0 Å². The molecule has 1 N–H and O–H groups in total. The minimum Gasteiger partial charge on any atom is -0.395 e. The third kappa shape index (κ3) is 3.49. The fourth-order valence-corrected chi connectivity index (χ4v) is 4.47. The Kier molecular flexibility index (Phi) is 4.59. The molecule has 4 aromatic rings. The van der Waals surface area contributed by atoms with Crippen LogP contribution in [-0.4, -0.2) is 38.5 Å². The number of amides is 1. The number of aromatic amines is 1. The van der Waals surface area contributed by atoms with Crippen LogP contribution in [0.15, 0.2) is 47.5 Å². The number of nitrogens with one attached hydrogen (secondary N) is 1. The highest BCUT2D eigenvalue weighted by Crippen LogP contribution is 2.48. The smallest absolute Gasteiger partial charge is 0.395 e. The third-order valence-corrected chi connectivity index (χ3v) is 5.97. The second-order valence-corrected chi connectivity index (χ2v) is 8.15. The molecule has 1 amide bonds. The van der Waals surface area contributed by atoms with Crippen LogP contribution in [0.3, 0.4) is 0 Å². The Morgan fingerprint density at radius 2 is 2.06 bits per heavy atom. The van der Waals surface area contributed by atoms with Gasteiger partial charge in [-0.05, 0) is 37.1 Å². The number of carbonyl (C=O) groups is 1. The number of halogens is 3. The SMILES string of the molecule is O=C(Cn1nc(-c2cccc(F)c2)c2nc[nH]c2c1=O)N1CCCc2c1ccc1c2OC(F)(F)O1. The highest BCUT2D eigenvalue weighted by atomic mass is 19.3. The lowest BCUT2D eigenvalue weighted by atomic mass is 10.00. The van der Waals surface area contributed by atoms with Gasteiger partial charge in [0.25, 0.3) is 5.56 Å². The molecule has 6 rings (SSSR count). The molecule has 0 saturated heterocycles. The van der Waals surface area contributed by atoms with E-state index in [0.717, 1.165) is 4.68 Å². The molecule has 2 aliphatic rings. The maximum absolute atomic E-state index is 13.8. The summed E-state index contributed by atoms with van der Waals surface area (Å²) in [5, 5.41) is 4.32. The highest BCUT2D eigenvalue weighted by Gasteiger charge is 2.45. The van der Waals surface area contributed by atoms with Crippen molar-refractivity contribution in [1.82, 2.24) is 19.7 Å². The number of anilines is 1. The van der Waals surface area contributed by atoms with Crippen LogP contribution in [0.4, 0.5) is 18.9 Å². The van der Waals surface area contributed by atoms with Crippen LogP contribution in [0.25, 0.3) is 22.3 Å². The Labute approximate surface area is 194 Å². The van der Waals surface area contributed by atoms with Gasteiger partial charge in [-0.2, -0.15) is 5.10 Å². The predicted molar refractivity (Wildman–Crippen MR) is 117 cm³/mol. The minimum absolute atomic E-state index is 0.0902. The van der Waals surface area contributed by atoms with Gasteiger partial charge in [0.15, 0.2) is 11.5 Å². The van der Waals surface area contributed by atoms with E-state index in [4.69, 9.17) is 0 Å². The highest BCUT2D eigenvalue weighted by molar-refractivity contribution is 5.95. The number of aromatic nitrogens is 4. The van der Waals surface area contributed by atoms with Crippen molar-refractivity contribution < 1.29 is 27.4 Å². The summed E-state index contributed by atoms with van der Waals surface area (Å²) in [5.74, 6) is -1.15. The first-order valence-corrected chi connectivity index (χ1v) is 10.7. The summed E-state index contributed by atoms with van der Waals surface area (Å²) in [6.07, 6.45) is -1.53. The molecule has 2 aliphatic heterocycles. The fraction of sp³-hybridized carbons (Fsp3) is 0.217. The summed E-state index contributed by atoms with van der Waals surface area (Å²) in [7, 11) is 0. The molecule has 0 bridgehead atoms. The Bertz CT molecular complexity index is 1560. The quantitative estimate of drug-likeness (QED) is 0.480. The van der Waals surface area contributed by atoms with Gasteiger partial charge in [-0.25, -0.2) is 14.1 Å². The molecule has 0 radical (unpaired) electrons. The van der Waals surface area contributed by atoms with Crippen LogP contribution in [0.2, 0.25) is 0 Å². The zero-order valence-electron chi connectivity index (χ0n) is 17.9.